The molecule has 0 unspecified atom stereocenters. The van der Waals surface area contributed by atoms with Crippen molar-refractivity contribution >= 4 is 23.9 Å². The predicted octanol–water partition coefficient (Wildman–Crippen LogP) is 1.98. The Morgan fingerprint density at radius 1 is 1.29 bits per heavy atom. The van der Waals surface area contributed by atoms with Gasteiger partial charge < -0.3 is 11.1 Å². The molecule has 76 valence electrons. The van der Waals surface area contributed by atoms with Crippen LogP contribution in [0, 0.1) is 0 Å². The number of benzene rings is 1. The summed E-state index contributed by atoms with van der Waals surface area (Å²) in [5, 5.41) is 3.30. The average molecular weight is 212 g/mol. The van der Waals surface area contributed by atoms with Crippen molar-refractivity contribution in [3.05, 3.63) is 29.8 Å². The van der Waals surface area contributed by atoms with Crippen molar-refractivity contribution in [2.75, 3.05) is 5.32 Å². The Morgan fingerprint density at radius 3 is 2.64 bits per heavy atom. The summed E-state index contributed by atoms with van der Waals surface area (Å²) < 4.78 is 0. The van der Waals surface area contributed by atoms with Crippen LogP contribution in [0.15, 0.2) is 29.3 Å². The first-order chi connectivity index (χ1) is 6.08. The van der Waals surface area contributed by atoms with Crippen LogP contribution in [0.1, 0.15) is 19.4 Å². The number of nitrogens with two attached hydrogens (primary N) is 1. The average Bonchev–Trinajstić information content (AvgIpc) is 2.02. The molecular weight excluding hydrogens is 198 g/mol. The van der Waals surface area contributed by atoms with E-state index in [0.29, 0.717) is 5.84 Å². The minimum absolute atomic E-state index is 0. The summed E-state index contributed by atoms with van der Waals surface area (Å²) in [7, 11) is 0. The zero-order valence-corrected chi connectivity index (χ0v) is 9.06. The second-order valence-electron chi connectivity index (χ2n) is 3.73. The highest BCUT2D eigenvalue weighted by molar-refractivity contribution is 6.04. The molecule has 2 rings (SSSR count). The number of para-hydroxylation sites is 1. The number of fused-ring (bicyclic) bond motifs is 1. The van der Waals surface area contributed by atoms with E-state index in [1.54, 1.807) is 0 Å². The molecule has 4 heteroatoms. The van der Waals surface area contributed by atoms with Crippen LogP contribution in [0.4, 0.5) is 5.69 Å². The third-order valence-corrected chi connectivity index (χ3v) is 2.04. The van der Waals surface area contributed by atoms with Crippen LogP contribution in [0.2, 0.25) is 0 Å². The highest BCUT2D eigenvalue weighted by Crippen LogP contribution is 2.25. The second-order valence-corrected chi connectivity index (χ2v) is 3.73. The fourth-order valence-electron chi connectivity index (χ4n) is 1.53. The van der Waals surface area contributed by atoms with Gasteiger partial charge in [0.15, 0.2) is 0 Å². The lowest BCUT2D eigenvalue weighted by Crippen LogP contribution is -2.37. The number of aliphatic imine (C=N–C) groups is 1. The largest absolute Gasteiger partial charge is 0.383 e. The fraction of sp³-hybridized carbons (Fsp3) is 0.300. The molecule has 3 N–H and O–H groups in total. The van der Waals surface area contributed by atoms with E-state index in [1.165, 1.54) is 0 Å². The molecule has 0 atom stereocenters. The quantitative estimate of drug-likeness (QED) is 0.690. The van der Waals surface area contributed by atoms with Gasteiger partial charge in [0.1, 0.15) is 11.5 Å². The monoisotopic (exact) mass is 211 g/mol. The van der Waals surface area contributed by atoms with Crippen molar-refractivity contribution in [3.8, 4) is 0 Å². The number of nitrogens with zero attached hydrogens (tertiary/aromatic N) is 1. The van der Waals surface area contributed by atoms with E-state index in [-0.39, 0.29) is 18.1 Å². The summed E-state index contributed by atoms with van der Waals surface area (Å²) in [6.07, 6.45) is 0. The first-order valence-corrected chi connectivity index (χ1v) is 4.31. The van der Waals surface area contributed by atoms with Gasteiger partial charge in [0.2, 0.25) is 0 Å². The summed E-state index contributed by atoms with van der Waals surface area (Å²) in [6, 6.07) is 7.93. The molecule has 0 radical (unpaired) electrons. The van der Waals surface area contributed by atoms with E-state index in [9.17, 15) is 0 Å². The van der Waals surface area contributed by atoms with Crippen molar-refractivity contribution < 1.29 is 0 Å². The van der Waals surface area contributed by atoms with E-state index < -0.39 is 0 Å². The molecule has 0 saturated carbocycles. The van der Waals surface area contributed by atoms with Gasteiger partial charge in [-0.05, 0) is 26.0 Å². The molecule has 0 aliphatic carbocycles. The minimum Gasteiger partial charge on any atom is -0.383 e. The molecule has 0 amide bonds. The maximum atomic E-state index is 5.83. The lowest BCUT2D eigenvalue weighted by Gasteiger charge is -2.29. The number of hydrogen-bond acceptors (Lipinski definition) is 3. The third-order valence-electron chi connectivity index (χ3n) is 2.04. The van der Waals surface area contributed by atoms with Crippen LogP contribution in [0.25, 0.3) is 0 Å². The summed E-state index contributed by atoms with van der Waals surface area (Å²) in [4.78, 5) is 4.34. The van der Waals surface area contributed by atoms with Gasteiger partial charge in [-0.25, -0.2) is 4.99 Å². The highest BCUT2D eigenvalue weighted by Gasteiger charge is 2.23. The van der Waals surface area contributed by atoms with Crippen LogP contribution >= 0.6 is 12.4 Å². The fourth-order valence-corrected chi connectivity index (χ4v) is 1.53. The van der Waals surface area contributed by atoms with Gasteiger partial charge in [0.05, 0.1) is 0 Å². The zero-order chi connectivity index (χ0) is 9.47. The number of halogens is 1. The molecule has 0 bridgehead atoms. The standard InChI is InChI=1S/C10H13N3.ClH/c1-10(2)12-8-6-4-3-5-7(8)9(11)13-10;/h3-6,12H,1-2H3,(H2,11,13);1H. The third kappa shape index (κ3) is 1.82. The van der Waals surface area contributed by atoms with E-state index in [2.05, 4.69) is 10.3 Å². The number of anilines is 1. The summed E-state index contributed by atoms with van der Waals surface area (Å²) in [5.74, 6) is 0.611. The molecule has 0 spiro atoms. The van der Waals surface area contributed by atoms with Crippen LogP contribution in [0.5, 0.6) is 0 Å². The van der Waals surface area contributed by atoms with Gasteiger partial charge in [-0.1, -0.05) is 12.1 Å². The Morgan fingerprint density at radius 2 is 1.93 bits per heavy atom. The molecule has 0 saturated heterocycles. The normalized spacial score (nSPS) is 17.1. The van der Waals surface area contributed by atoms with E-state index >= 15 is 0 Å². The summed E-state index contributed by atoms with van der Waals surface area (Å²) >= 11 is 0. The summed E-state index contributed by atoms with van der Waals surface area (Å²) in [6.45, 7) is 3.99. The van der Waals surface area contributed by atoms with Crippen LogP contribution in [-0.4, -0.2) is 11.5 Å². The van der Waals surface area contributed by atoms with Crippen molar-refractivity contribution in [2.24, 2.45) is 10.7 Å². The van der Waals surface area contributed by atoms with Gasteiger partial charge in [-0.2, -0.15) is 0 Å². The lowest BCUT2D eigenvalue weighted by molar-refractivity contribution is 0.595. The minimum atomic E-state index is -0.293. The first kappa shape index (κ1) is 10.9. The van der Waals surface area contributed by atoms with Crippen LogP contribution in [-0.2, 0) is 0 Å². The Kier molecular flexibility index (Phi) is 2.71. The van der Waals surface area contributed by atoms with E-state index in [0.717, 1.165) is 11.3 Å². The number of rotatable bonds is 0. The lowest BCUT2D eigenvalue weighted by atomic mass is 10.1. The summed E-state index contributed by atoms with van der Waals surface area (Å²) in [5.41, 5.74) is 7.58. The van der Waals surface area contributed by atoms with Crippen molar-refractivity contribution in [2.45, 2.75) is 19.5 Å². The molecule has 14 heavy (non-hydrogen) atoms. The molecule has 1 aromatic carbocycles. The topological polar surface area (TPSA) is 50.4 Å². The Balaban J connectivity index is 0.000000980. The van der Waals surface area contributed by atoms with Gasteiger partial charge >= 0.3 is 0 Å². The Hall–Kier alpha value is -1.22. The molecule has 0 aromatic heterocycles. The number of hydrogen-bond donors (Lipinski definition) is 2. The van der Waals surface area contributed by atoms with Crippen LogP contribution < -0.4 is 11.1 Å². The van der Waals surface area contributed by atoms with E-state index in [1.807, 2.05) is 38.1 Å². The second kappa shape index (κ2) is 3.50. The molecular formula is C10H14ClN3. The zero-order valence-electron chi connectivity index (χ0n) is 8.24. The molecule has 1 heterocycles. The predicted molar refractivity (Wildman–Crippen MR) is 62.1 cm³/mol. The number of nitrogens with one attached hydrogen (secondary N) is 1. The maximum Gasteiger partial charge on any atom is 0.130 e. The van der Waals surface area contributed by atoms with Crippen molar-refractivity contribution in [1.82, 2.24) is 0 Å². The van der Waals surface area contributed by atoms with Gasteiger partial charge in [-0.15, -0.1) is 12.4 Å². The van der Waals surface area contributed by atoms with Crippen molar-refractivity contribution in [3.63, 3.8) is 0 Å². The molecule has 3 nitrogen and oxygen atoms in total. The smallest absolute Gasteiger partial charge is 0.130 e. The highest BCUT2D eigenvalue weighted by atomic mass is 35.5. The Bertz CT molecular complexity index is 371. The first-order valence-electron chi connectivity index (χ1n) is 4.31. The van der Waals surface area contributed by atoms with E-state index in [4.69, 9.17) is 5.73 Å². The molecule has 1 aromatic rings. The molecule has 1 aliphatic rings. The SMILES string of the molecule is CC1(C)N=C(N)c2ccccc2N1.Cl. The molecule has 0 fully saturated rings. The Labute approximate surface area is 89.8 Å². The maximum absolute atomic E-state index is 5.83. The van der Waals surface area contributed by atoms with Crippen molar-refractivity contribution in [1.29, 1.82) is 0 Å². The van der Waals surface area contributed by atoms with Gasteiger partial charge in [0.25, 0.3) is 0 Å². The number of amidine groups is 1. The van der Waals surface area contributed by atoms with Gasteiger partial charge in [-0.3, -0.25) is 0 Å². The van der Waals surface area contributed by atoms with Gasteiger partial charge in [0, 0.05) is 11.3 Å². The molecule has 1 aliphatic heterocycles. The van der Waals surface area contributed by atoms with Crippen LogP contribution in [0.3, 0.4) is 0 Å².